The van der Waals surface area contributed by atoms with Crippen molar-refractivity contribution < 1.29 is 9.53 Å². The number of H-pyrrole nitrogens is 1. The van der Waals surface area contributed by atoms with Crippen molar-refractivity contribution in [2.24, 2.45) is 0 Å². The molecule has 0 aliphatic carbocycles. The van der Waals surface area contributed by atoms with Gasteiger partial charge in [0.1, 0.15) is 5.75 Å². The summed E-state index contributed by atoms with van der Waals surface area (Å²) in [7, 11) is 1.64. The second kappa shape index (κ2) is 6.41. The van der Waals surface area contributed by atoms with Gasteiger partial charge in [-0.1, -0.05) is 26.2 Å². The highest BCUT2D eigenvalue weighted by atomic mass is 16.5. The molecule has 0 spiro atoms. The van der Waals surface area contributed by atoms with Crippen LogP contribution in [0.4, 0.5) is 0 Å². The first kappa shape index (κ1) is 13.7. The van der Waals surface area contributed by atoms with Gasteiger partial charge in [-0.2, -0.15) is 0 Å². The van der Waals surface area contributed by atoms with Gasteiger partial charge >= 0.3 is 0 Å². The minimum Gasteiger partial charge on any atom is -0.497 e. The Morgan fingerprint density at radius 1 is 1.26 bits per heavy atom. The first-order chi connectivity index (χ1) is 9.26. The number of benzene rings is 1. The molecule has 0 amide bonds. The lowest BCUT2D eigenvalue weighted by molar-refractivity contribution is 0.0981. The van der Waals surface area contributed by atoms with Crippen LogP contribution < -0.4 is 4.74 Å². The lowest BCUT2D eigenvalue weighted by Crippen LogP contribution is -1.97. The summed E-state index contributed by atoms with van der Waals surface area (Å²) in [6, 6.07) is 5.77. The molecule has 0 saturated carbocycles. The van der Waals surface area contributed by atoms with Crippen LogP contribution in [0.2, 0.25) is 0 Å². The van der Waals surface area contributed by atoms with E-state index in [9.17, 15) is 4.79 Å². The number of hydrogen-bond donors (Lipinski definition) is 1. The number of carbonyl (C=O) groups excluding carboxylic acids is 1. The van der Waals surface area contributed by atoms with Crippen LogP contribution in [0.5, 0.6) is 5.75 Å². The highest BCUT2D eigenvalue weighted by Crippen LogP contribution is 2.25. The van der Waals surface area contributed by atoms with Crippen LogP contribution in [-0.4, -0.2) is 17.9 Å². The van der Waals surface area contributed by atoms with Crippen molar-refractivity contribution in [2.75, 3.05) is 7.11 Å². The van der Waals surface area contributed by atoms with E-state index in [1.807, 2.05) is 24.4 Å². The summed E-state index contributed by atoms with van der Waals surface area (Å²) in [4.78, 5) is 15.4. The maximum Gasteiger partial charge on any atom is 0.165 e. The van der Waals surface area contributed by atoms with E-state index in [2.05, 4.69) is 11.9 Å². The predicted molar refractivity (Wildman–Crippen MR) is 77.9 cm³/mol. The minimum absolute atomic E-state index is 0.218. The third kappa shape index (κ3) is 3.16. The molecule has 1 heterocycles. The van der Waals surface area contributed by atoms with E-state index >= 15 is 0 Å². The van der Waals surface area contributed by atoms with Gasteiger partial charge in [-0.3, -0.25) is 4.79 Å². The molecule has 0 aliphatic rings. The monoisotopic (exact) mass is 259 g/mol. The molecule has 0 radical (unpaired) electrons. The highest BCUT2D eigenvalue weighted by molar-refractivity contribution is 6.08. The molecular weight excluding hydrogens is 238 g/mol. The van der Waals surface area contributed by atoms with Gasteiger partial charge in [0.25, 0.3) is 0 Å². The first-order valence-corrected chi connectivity index (χ1v) is 6.94. The Hall–Kier alpha value is -1.77. The van der Waals surface area contributed by atoms with Crippen molar-refractivity contribution in [1.82, 2.24) is 4.98 Å². The smallest absolute Gasteiger partial charge is 0.165 e. The molecule has 3 heteroatoms. The van der Waals surface area contributed by atoms with Crippen LogP contribution in [0.1, 0.15) is 49.4 Å². The number of aromatic nitrogens is 1. The zero-order chi connectivity index (χ0) is 13.7. The normalized spacial score (nSPS) is 10.8. The first-order valence-electron chi connectivity index (χ1n) is 6.94. The third-order valence-corrected chi connectivity index (χ3v) is 3.45. The molecule has 2 aromatic rings. The fourth-order valence-electron chi connectivity index (χ4n) is 2.30. The maximum absolute atomic E-state index is 12.2. The van der Waals surface area contributed by atoms with Crippen molar-refractivity contribution in [3.63, 3.8) is 0 Å². The number of rotatable bonds is 7. The lowest BCUT2D eigenvalue weighted by atomic mass is 10.0. The van der Waals surface area contributed by atoms with E-state index in [1.54, 1.807) is 7.11 Å². The van der Waals surface area contributed by atoms with E-state index in [1.165, 1.54) is 12.8 Å². The fourth-order valence-corrected chi connectivity index (χ4v) is 2.30. The van der Waals surface area contributed by atoms with Crippen molar-refractivity contribution in [1.29, 1.82) is 0 Å². The molecule has 1 aromatic carbocycles. The molecule has 0 aliphatic heterocycles. The number of Topliss-reactive ketones (excluding diaryl/α,β-unsaturated/α-hetero) is 1. The van der Waals surface area contributed by atoms with Gasteiger partial charge in [-0.25, -0.2) is 0 Å². The maximum atomic E-state index is 12.2. The largest absolute Gasteiger partial charge is 0.497 e. The Kier molecular flexibility index (Phi) is 4.61. The van der Waals surface area contributed by atoms with E-state index in [-0.39, 0.29) is 5.78 Å². The number of carbonyl (C=O) groups is 1. The van der Waals surface area contributed by atoms with Crippen molar-refractivity contribution in [2.45, 2.75) is 39.0 Å². The van der Waals surface area contributed by atoms with Gasteiger partial charge in [-0.05, 0) is 24.6 Å². The van der Waals surface area contributed by atoms with E-state index in [0.29, 0.717) is 6.42 Å². The molecule has 0 unspecified atom stereocenters. The number of ketones is 1. The van der Waals surface area contributed by atoms with Crippen molar-refractivity contribution in [3.8, 4) is 5.75 Å². The predicted octanol–water partition coefficient (Wildman–Crippen LogP) is 4.33. The SMILES string of the molecule is CCCCCCC(=O)c1c[nH]c2ccc(OC)cc12. The number of methoxy groups -OCH3 is 1. The van der Waals surface area contributed by atoms with Gasteiger partial charge < -0.3 is 9.72 Å². The number of unbranched alkanes of at least 4 members (excludes halogenated alkanes) is 3. The number of hydrogen-bond acceptors (Lipinski definition) is 2. The zero-order valence-electron chi connectivity index (χ0n) is 11.7. The molecule has 102 valence electrons. The van der Waals surface area contributed by atoms with E-state index in [4.69, 9.17) is 4.74 Å². The summed E-state index contributed by atoms with van der Waals surface area (Å²) in [5.74, 6) is 1.00. The second-order valence-electron chi connectivity index (χ2n) is 4.85. The summed E-state index contributed by atoms with van der Waals surface area (Å²) in [5.41, 5.74) is 1.77. The van der Waals surface area contributed by atoms with Crippen LogP contribution >= 0.6 is 0 Å². The summed E-state index contributed by atoms with van der Waals surface area (Å²) < 4.78 is 5.21. The molecule has 3 nitrogen and oxygen atoms in total. The summed E-state index contributed by atoms with van der Waals surface area (Å²) >= 11 is 0. The molecule has 0 bridgehead atoms. The summed E-state index contributed by atoms with van der Waals surface area (Å²) in [6.45, 7) is 2.17. The standard InChI is InChI=1S/C16H21NO2/c1-3-4-5-6-7-16(18)14-11-17-15-9-8-12(19-2)10-13(14)15/h8-11,17H,3-7H2,1-2H3. The molecule has 0 saturated heterocycles. The van der Waals surface area contributed by atoms with Gasteiger partial charge in [0.2, 0.25) is 0 Å². The van der Waals surface area contributed by atoms with Crippen molar-refractivity contribution >= 4 is 16.7 Å². The van der Waals surface area contributed by atoms with Gasteiger partial charge in [-0.15, -0.1) is 0 Å². The van der Waals surface area contributed by atoms with Crippen LogP contribution in [0.3, 0.4) is 0 Å². The van der Waals surface area contributed by atoms with Gasteiger partial charge in [0, 0.05) is 29.1 Å². The topological polar surface area (TPSA) is 42.1 Å². The number of aromatic amines is 1. The highest BCUT2D eigenvalue weighted by Gasteiger charge is 2.12. The van der Waals surface area contributed by atoms with Crippen LogP contribution in [0.15, 0.2) is 24.4 Å². The molecule has 1 N–H and O–H groups in total. The molecule has 19 heavy (non-hydrogen) atoms. The van der Waals surface area contributed by atoms with Crippen molar-refractivity contribution in [3.05, 3.63) is 30.0 Å². The Bertz CT molecular complexity index is 557. The molecule has 0 atom stereocenters. The fraction of sp³-hybridized carbons (Fsp3) is 0.438. The molecule has 2 rings (SSSR count). The van der Waals surface area contributed by atoms with Crippen LogP contribution in [0.25, 0.3) is 10.9 Å². The number of ether oxygens (including phenoxy) is 1. The van der Waals surface area contributed by atoms with Crippen LogP contribution in [-0.2, 0) is 0 Å². The molecular formula is C16H21NO2. The Balaban J connectivity index is 2.13. The summed E-state index contributed by atoms with van der Waals surface area (Å²) in [6.07, 6.45) is 6.95. The quantitative estimate of drug-likeness (QED) is 0.594. The Morgan fingerprint density at radius 2 is 2.11 bits per heavy atom. The second-order valence-corrected chi connectivity index (χ2v) is 4.85. The Labute approximate surface area is 114 Å². The average molecular weight is 259 g/mol. The zero-order valence-corrected chi connectivity index (χ0v) is 11.7. The minimum atomic E-state index is 0.218. The average Bonchev–Trinajstić information content (AvgIpc) is 2.86. The number of nitrogens with one attached hydrogen (secondary N) is 1. The lowest BCUT2D eigenvalue weighted by Gasteiger charge is -2.02. The number of fused-ring (bicyclic) bond motifs is 1. The molecule has 1 aromatic heterocycles. The molecule has 0 fully saturated rings. The van der Waals surface area contributed by atoms with Crippen LogP contribution in [0, 0.1) is 0 Å². The summed E-state index contributed by atoms with van der Waals surface area (Å²) in [5, 5.41) is 0.958. The van der Waals surface area contributed by atoms with E-state index < -0.39 is 0 Å². The van der Waals surface area contributed by atoms with Gasteiger partial charge in [0.05, 0.1) is 7.11 Å². The van der Waals surface area contributed by atoms with E-state index in [0.717, 1.165) is 35.1 Å². The van der Waals surface area contributed by atoms with Gasteiger partial charge in [0.15, 0.2) is 5.78 Å². The third-order valence-electron chi connectivity index (χ3n) is 3.45. The Morgan fingerprint density at radius 3 is 2.84 bits per heavy atom.